The Balaban J connectivity index is 0.00000364. The van der Waals surface area contributed by atoms with E-state index >= 15 is 0 Å². The second-order valence-electron chi connectivity index (χ2n) is 6.60. The van der Waals surface area contributed by atoms with E-state index in [1.54, 1.807) is 7.11 Å². The molecule has 0 spiro atoms. The van der Waals surface area contributed by atoms with Crippen molar-refractivity contribution in [2.75, 3.05) is 7.11 Å². The Hall–Kier alpha value is -2.24. The zero-order valence-corrected chi connectivity index (χ0v) is 17.1. The zero-order chi connectivity index (χ0) is 19.1. The summed E-state index contributed by atoms with van der Waals surface area (Å²) in [6.07, 6.45) is 0.562. The minimum Gasteiger partial charge on any atom is -0.493 e. The summed E-state index contributed by atoms with van der Waals surface area (Å²) in [5.74, 6) is 1.15. The van der Waals surface area contributed by atoms with Gasteiger partial charge in [0.15, 0.2) is 11.5 Å². The molecule has 0 bridgehead atoms. The van der Waals surface area contributed by atoms with Gasteiger partial charge in [-0.15, -0.1) is 12.4 Å². The average Bonchev–Trinajstić information content (AvgIpc) is 2.62. The Labute approximate surface area is 167 Å². The molecule has 148 valence electrons. The highest BCUT2D eigenvalue weighted by molar-refractivity contribution is 5.85. The number of amides is 1. The molecule has 6 heteroatoms. The molecule has 0 saturated carbocycles. The van der Waals surface area contributed by atoms with E-state index < -0.39 is 6.04 Å². The van der Waals surface area contributed by atoms with Gasteiger partial charge in [-0.3, -0.25) is 4.79 Å². The second-order valence-corrected chi connectivity index (χ2v) is 6.60. The van der Waals surface area contributed by atoms with E-state index in [4.69, 9.17) is 15.2 Å². The van der Waals surface area contributed by atoms with Crippen LogP contribution >= 0.6 is 12.4 Å². The molecule has 0 aliphatic rings. The van der Waals surface area contributed by atoms with Crippen LogP contribution in [-0.4, -0.2) is 25.2 Å². The molecule has 0 radical (unpaired) electrons. The number of halogens is 1. The Kier molecular flexibility index (Phi) is 9.12. The van der Waals surface area contributed by atoms with Crippen molar-refractivity contribution in [3.63, 3.8) is 0 Å². The summed E-state index contributed by atoms with van der Waals surface area (Å²) in [5, 5.41) is 2.97. The van der Waals surface area contributed by atoms with Gasteiger partial charge < -0.3 is 20.5 Å². The molecule has 2 aromatic carbocycles. The third-order valence-electron chi connectivity index (χ3n) is 4.04. The molecule has 2 aromatic rings. The molecule has 0 aliphatic carbocycles. The molecule has 0 fully saturated rings. The van der Waals surface area contributed by atoms with Crippen molar-refractivity contribution in [3.05, 3.63) is 59.7 Å². The lowest BCUT2D eigenvalue weighted by Gasteiger charge is -2.20. The average molecular weight is 393 g/mol. The number of carbonyl (C=O) groups excluding carboxylic acids is 1. The van der Waals surface area contributed by atoms with Crippen molar-refractivity contribution in [2.24, 2.45) is 5.73 Å². The summed E-state index contributed by atoms with van der Waals surface area (Å²) in [5.41, 5.74) is 8.02. The monoisotopic (exact) mass is 392 g/mol. The highest BCUT2D eigenvalue weighted by atomic mass is 35.5. The van der Waals surface area contributed by atoms with Crippen LogP contribution in [-0.2, 0) is 11.2 Å². The van der Waals surface area contributed by atoms with Crippen molar-refractivity contribution in [1.82, 2.24) is 5.32 Å². The van der Waals surface area contributed by atoms with E-state index in [2.05, 4.69) is 5.32 Å². The maximum Gasteiger partial charge on any atom is 0.237 e. The van der Waals surface area contributed by atoms with Crippen molar-refractivity contribution in [2.45, 2.75) is 45.4 Å². The first-order valence-electron chi connectivity index (χ1n) is 8.85. The maximum absolute atomic E-state index is 12.4. The van der Waals surface area contributed by atoms with E-state index in [0.717, 1.165) is 11.1 Å². The van der Waals surface area contributed by atoms with Crippen molar-refractivity contribution in [3.8, 4) is 11.5 Å². The number of methoxy groups -OCH3 is 1. The number of benzene rings is 2. The second kappa shape index (κ2) is 10.8. The zero-order valence-electron chi connectivity index (χ0n) is 16.3. The molecular formula is C21H29ClN2O3. The van der Waals surface area contributed by atoms with Crippen LogP contribution in [0.25, 0.3) is 0 Å². The molecule has 3 N–H and O–H groups in total. The normalized spacial score (nSPS) is 12.7. The van der Waals surface area contributed by atoms with E-state index in [0.29, 0.717) is 17.9 Å². The van der Waals surface area contributed by atoms with Crippen LogP contribution in [0.2, 0.25) is 0 Å². The Morgan fingerprint density at radius 1 is 1.07 bits per heavy atom. The van der Waals surface area contributed by atoms with E-state index in [-0.39, 0.29) is 30.5 Å². The molecular weight excluding hydrogens is 364 g/mol. The van der Waals surface area contributed by atoms with Gasteiger partial charge >= 0.3 is 0 Å². The van der Waals surface area contributed by atoms with Crippen molar-refractivity contribution >= 4 is 18.3 Å². The number of nitrogens with one attached hydrogen (secondary N) is 1. The minimum atomic E-state index is -0.592. The molecule has 0 aromatic heterocycles. The molecule has 0 aliphatic heterocycles. The Morgan fingerprint density at radius 3 is 2.33 bits per heavy atom. The number of rotatable bonds is 8. The number of ether oxygens (including phenoxy) is 2. The SMILES string of the molecule is COc1cc(C(C)NC(=O)C(N)Cc2ccccc2)ccc1OC(C)C.Cl. The van der Waals surface area contributed by atoms with Crippen LogP contribution in [0.4, 0.5) is 0 Å². The first-order valence-corrected chi connectivity index (χ1v) is 8.85. The summed E-state index contributed by atoms with van der Waals surface area (Å²) in [7, 11) is 1.60. The number of nitrogens with two attached hydrogens (primary N) is 1. The minimum absolute atomic E-state index is 0. The van der Waals surface area contributed by atoms with E-state index in [1.165, 1.54) is 0 Å². The summed E-state index contributed by atoms with van der Waals surface area (Å²) in [6, 6.07) is 14.6. The van der Waals surface area contributed by atoms with Gasteiger partial charge in [0.2, 0.25) is 5.91 Å². The van der Waals surface area contributed by atoms with Crippen LogP contribution < -0.4 is 20.5 Å². The molecule has 2 rings (SSSR count). The molecule has 1 amide bonds. The number of carbonyl (C=O) groups is 1. The molecule has 2 atom stereocenters. The third kappa shape index (κ3) is 6.77. The van der Waals surface area contributed by atoms with E-state index in [9.17, 15) is 4.79 Å². The topological polar surface area (TPSA) is 73.6 Å². The van der Waals surface area contributed by atoms with Crippen LogP contribution in [0.1, 0.15) is 37.9 Å². The lowest BCUT2D eigenvalue weighted by molar-refractivity contribution is -0.123. The van der Waals surface area contributed by atoms with Gasteiger partial charge in [0.25, 0.3) is 0 Å². The quantitative estimate of drug-likeness (QED) is 0.719. The third-order valence-corrected chi connectivity index (χ3v) is 4.04. The standard InChI is InChI=1S/C21H28N2O3.ClH/c1-14(2)26-19-11-10-17(13-20(19)25-4)15(3)23-21(24)18(22)12-16-8-6-5-7-9-16;/h5-11,13-15,18H,12,22H2,1-4H3,(H,23,24);1H. The van der Waals surface area contributed by atoms with Gasteiger partial charge in [-0.25, -0.2) is 0 Å². The Morgan fingerprint density at radius 2 is 1.74 bits per heavy atom. The predicted octanol–water partition coefficient (Wildman–Crippen LogP) is 3.65. The molecule has 5 nitrogen and oxygen atoms in total. The van der Waals surface area contributed by atoms with Crippen molar-refractivity contribution < 1.29 is 14.3 Å². The fraction of sp³-hybridized carbons (Fsp3) is 0.381. The maximum atomic E-state index is 12.4. The summed E-state index contributed by atoms with van der Waals surface area (Å²) >= 11 is 0. The smallest absolute Gasteiger partial charge is 0.237 e. The molecule has 2 unspecified atom stereocenters. The summed E-state index contributed by atoms with van der Waals surface area (Å²) < 4.78 is 11.1. The summed E-state index contributed by atoms with van der Waals surface area (Å²) in [4.78, 5) is 12.4. The first kappa shape index (κ1) is 22.8. The lowest BCUT2D eigenvalue weighted by atomic mass is 10.0. The number of hydrogen-bond acceptors (Lipinski definition) is 4. The van der Waals surface area contributed by atoms with Crippen LogP contribution in [0.3, 0.4) is 0 Å². The van der Waals surface area contributed by atoms with Gasteiger partial charge in [-0.05, 0) is 50.5 Å². The van der Waals surface area contributed by atoms with Gasteiger partial charge in [-0.1, -0.05) is 36.4 Å². The fourth-order valence-electron chi connectivity index (χ4n) is 2.67. The highest BCUT2D eigenvalue weighted by Crippen LogP contribution is 2.31. The predicted molar refractivity (Wildman–Crippen MR) is 111 cm³/mol. The largest absolute Gasteiger partial charge is 0.493 e. The van der Waals surface area contributed by atoms with E-state index in [1.807, 2.05) is 69.3 Å². The van der Waals surface area contributed by atoms with Gasteiger partial charge in [0.05, 0.1) is 25.3 Å². The Bertz CT molecular complexity index is 723. The molecule has 0 saturated heterocycles. The van der Waals surface area contributed by atoms with Gasteiger partial charge in [0, 0.05) is 0 Å². The van der Waals surface area contributed by atoms with Crippen LogP contribution in [0, 0.1) is 0 Å². The molecule has 27 heavy (non-hydrogen) atoms. The van der Waals surface area contributed by atoms with Crippen molar-refractivity contribution in [1.29, 1.82) is 0 Å². The van der Waals surface area contributed by atoms with Crippen LogP contribution in [0.5, 0.6) is 11.5 Å². The van der Waals surface area contributed by atoms with Crippen LogP contribution in [0.15, 0.2) is 48.5 Å². The fourth-order valence-corrected chi connectivity index (χ4v) is 2.67. The summed E-state index contributed by atoms with van der Waals surface area (Å²) in [6.45, 7) is 5.85. The lowest BCUT2D eigenvalue weighted by Crippen LogP contribution is -2.42. The first-order chi connectivity index (χ1) is 12.4. The molecule has 0 heterocycles. The number of hydrogen-bond donors (Lipinski definition) is 2. The van der Waals surface area contributed by atoms with Gasteiger partial charge in [-0.2, -0.15) is 0 Å². The highest BCUT2D eigenvalue weighted by Gasteiger charge is 2.18. The van der Waals surface area contributed by atoms with Gasteiger partial charge in [0.1, 0.15) is 0 Å².